The van der Waals surface area contributed by atoms with Gasteiger partial charge in [-0.3, -0.25) is 4.79 Å². The average Bonchev–Trinajstić information content (AvgIpc) is 2.98. The standard InChI is InChI=1S/C14H14N2O3S/c15-12(11-5-2-6-20-11)13(17)16-8-9-3-1-4-10(7-9)14(18)19/h1-7,12H,8,15H2,(H,16,17)(H,18,19). The van der Waals surface area contributed by atoms with Gasteiger partial charge in [-0.05, 0) is 29.1 Å². The molecule has 1 heterocycles. The van der Waals surface area contributed by atoms with E-state index in [4.69, 9.17) is 10.8 Å². The van der Waals surface area contributed by atoms with Crippen molar-refractivity contribution in [2.75, 3.05) is 0 Å². The van der Waals surface area contributed by atoms with Gasteiger partial charge in [0.15, 0.2) is 0 Å². The van der Waals surface area contributed by atoms with Gasteiger partial charge in [0.2, 0.25) is 5.91 Å². The van der Waals surface area contributed by atoms with Crippen molar-refractivity contribution in [1.82, 2.24) is 5.32 Å². The third kappa shape index (κ3) is 3.43. The van der Waals surface area contributed by atoms with E-state index in [1.807, 2.05) is 11.4 Å². The largest absolute Gasteiger partial charge is 0.478 e. The van der Waals surface area contributed by atoms with Crippen LogP contribution in [0, 0.1) is 0 Å². The van der Waals surface area contributed by atoms with Crippen LogP contribution >= 0.6 is 11.3 Å². The fourth-order valence-corrected chi connectivity index (χ4v) is 2.44. The molecule has 0 saturated carbocycles. The number of amides is 1. The van der Waals surface area contributed by atoms with Crippen LogP contribution < -0.4 is 11.1 Å². The normalized spacial score (nSPS) is 11.8. The Labute approximate surface area is 120 Å². The van der Waals surface area contributed by atoms with E-state index in [0.717, 1.165) is 10.4 Å². The molecule has 1 unspecified atom stereocenters. The van der Waals surface area contributed by atoms with Crippen molar-refractivity contribution >= 4 is 23.2 Å². The smallest absolute Gasteiger partial charge is 0.335 e. The monoisotopic (exact) mass is 290 g/mol. The number of carboxylic acid groups (broad SMARTS) is 1. The summed E-state index contributed by atoms with van der Waals surface area (Å²) in [6.45, 7) is 0.249. The number of carbonyl (C=O) groups excluding carboxylic acids is 1. The third-order valence-electron chi connectivity index (χ3n) is 2.77. The molecule has 0 aliphatic rings. The maximum atomic E-state index is 11.9. The molecule has 1 aromatic heterocycles. The van der Waals surface area contributed by atoms with Crippen LogP contribution in [0.1, 0.15) is 26.8 Å². The average molecular weight is 290 g/mol. The molecule has 5 nitrogen and oxygen atoms in total. The van der Waals surface area contributed by atoms with Crippen LogP contribution in [0.25, 0.3) is 0 Å². The molecule has 0 fully saturated rings. The van der Waals surface area contributed by atoms with E-state index >= 15 is 0 Å². The minimum absolute atomic E-state index is 0.194. The fraction of sp³-hybridized carbons (Fsp3) is 0.143. The van der Waals surface area contributed by atoms with Crippen LogP contribution in [0.5, 0.6) is 0 Å². The van der Waals surface area contributed by atoms with Gasteiger partial charge in [0.05, 0.1) is 5.56 Å². The maximum Gasteiger partial charge on any atom is 0.335 e. The van der Waals surface area contributed by atoms with E-state index in [2.05, 4.69) is 5.32 Å². The summed E-state index contributed by atoms with van der Waals surface area (Å²) in [7, 11) is 0. The molecule has 1 atom stereocenters. The molecule has 0 aliphatic carbocycles. The van der Waals surface area contributed by atoms with Gasteiger partial charge in [-0.25, -0.2) is 4.79 Å². The van der Waals surface area contributed by atoms with Crippen molar-refractivity contribution in [3.8, 4) is 0 Å². The molecular weight excluding hydrogens is 276 g/mol. The number of rotatable bonds is 5. The molecule has 0 spiro atoms. The van der Waals surface area contributed by atoms with Crippen molar-refractivity contribution < 1.29 is 14.7 Å². The summed E-state index contributed by atoms with van der Waals surface area (Å²) < 4.78 is 0. The number of aromatic carboxylic acids is 1. The van der Waals surface area contributed by atoms with Crippen LogP contribution in [0.4, 0.5) is 0 Å². The summed E-state index contributed by atoms with van der Waals surface area (Å²) in [5.74, 6) is -1.28. The lowest BCUT2D eigenvalue weighted by Gasteiger charge is -2.11. The van der Waals surface area contributed by atoms with Crippen LogP contribution in [-0.2, 0) is 11.3 Å². The van der Waals surface area contributed by atoms with Crippen LogP contribution in [0.3, 0.4) is 0 Å². The second-order valence-corrected chi connectivity index (χ2v) is 5.20. The Bertz CT molecular complexity index is 611. The van der Waals surface area contributed by atoms with Crippen molar-refractivity contribution in [2.24, 2.45) is 5.73 Å². The van der Waals surface area contributed by atoms with E-state index in [-0.39, 0.29) is 18.0 Å². The molecule has 20 heavy (non-hydrogen) atoms. The van der Waals surface area contributed by atoms with E-state index in [9.17, 15) is 9.59 Å². The lowest BCUT2D eigenvalue weighted by Crippen LogP contribution is -2.33. The molecule has 2 rings (SSSR count). The highest BCUT2D eigenvalue weighted by molar-refractivity contribution is 7.10. The Balaban J connectivity index is 1.96. The molecule has 0 aliphatic heterocycles. The SMILES string of the molecule is NC(C(=O)NCc1cccc(C(=O)O)c1)c1cccs1. The third-order valence-corrected chi connectivity index (χ3v) is 3.73. The molecule has 1 amide bonds. The zero-order chi connectivity index (χ0) is 14.5. The molecule has 6 heteroatoms. The summed E-state index contributed by atoms with van der Waals surface area (Å²) in [5, 5.41) is 13.5. The van der Waals surface area contributed by atoms with E-state index < -0.39 is 12.0 Å². The molecule has 4 N–H and O–H groups in total. The second-order valence-electron chi connectivity index (χ2n) is 4.22. The topological polar surface area (TPSA) is 92.4 Å². The number of nitrogens with one attached hydrogen (secondary N) is 1. The number of nitrogens with two attached hydrogens (primary N) is 1. The Morgan fingerprint density at radius 3 is 2.75 bits per heavy atom. The first kappa shape index (κ1) is 14.2. The summed E-state index contributed by atoms with van der Waals surface area (Å²) in [6.07, 6.45) is 0. The number of hydrogen-bond acceptors (Lipinski definition) is 4. The van der Waals surface area contributed by atoms with Crippen LogP contribution in [-0.4, -0.2) is 17.0 Å². The van der Waals surface area contributed by atoms with E-state index in [1.165, 1.54) is 23.5 Å². The second kappa shape index (κ2) is 6.31. The number of thiophene rings is 1. The predicted octanol–water partition coefficient (Wildman–Crippen LogP) is 1.76. The Morgan fingerprint density at radius 1 is 1.30 bits per heavy atom. The molecule has 0 bridgehead atoms. The molecule has 2 aromatic rings. The molecule has 0 radical (unpaired) electrons. The Morgan fingerprint density at radius 2 is 2.10 bits per heavy atom. The highest BCUT2D eigenvalue weighted by Crippen LogP contribution is 2.16. The zero-order valence-electron chi connectivity index (χ0n) is 10.6. The summed E-state index contributed by atoms with van der Waals surface area (Å²) in [5.41, 5.74) is 6.74. The highest BCUT2D eigenvalue weighted by Gasteiger charge is 2.16. The quantitative estimate of drug-likeness (QED) is 0.782. The van der Waals surface area contributed by atoms with Crippen molar-refractivity contribution in [2.45, 2.75) is 12.6 Å². The van der Waals surface area contributed by atoms with Gasteiger partial charge >= 0.3 is 5.97 Å². The van der Waals surface area contributed by atoms with Crippen LogP contribution in [0.15, 0.2) is 41.8 Å². The molecular formula is C14H14N2O3S. The predicted molar refractivity (Wildman–Crippen MR) is 76.5 cm³/mol. The lowest BCUT2D eigenvalue weighted by atomic mass is 10.1. The van der Waals surface area contributed by atoms with Crippen LogP contribution in [0.2, 0.25) is 0 Å². The van der Waals surface area contributed by atoms with Crippen molar-refractivity contribution in [3.63, 3.8) is 0 Å². The minimum atomic E-state index is -0.992. The van der Waals surface area contributed by atoms with Crippen molar-refractivity contribution in [3.05, 3.63) is 57.8 Å². The van der Waals surface area contributed by atoms with Gasteiger partial charge in [0.25, 0.3) is 0 Å². The number of benzene rings is 1. The van der Waals surface area contributed by atoms with Crippen molar-refractivity contribution in [1.29, 1.82) is 0 Å². The van der Waals surface area contributed by atoms with E-state index in [1.54, 1.807) is 18.2 Å². The number of carboxylic acids is 1. The molecule has 1 aromatic carbocycles. The van der Waals surface area contributed by atoms with Gasteiger partial charge in [-0.2, -0.15) is 0 Å². The van der Waals surface area contributed by atoms with Gasteiger partial charge in [0.1, 0.15) is 6.04 Å². The maximum absolute atomic E-state index is 11.9. The summed E-state index contributed by atoms with van der Waals surface area (Å²) in [4.78, 5) is 23.5. The number of carbonyl (C=O) groups is 2. The van der Waals surface area contributed by atoms with Gasteiger partial charge in [-0.15, -0.1) is 11.3 Å². The Hall–Kier alpha value is -2.18. The zero-order valence-corrected chi connectivity index (χ0v) is 11.4. The first-order chi connectivity index (χ1) is 9.58. The lowest BCUT2D eigenvalue weighted by molar-refractivity contribution is -0.122. The first-order valence-electron chi connectivity index (χ1n) is 5.97. The van der Waals surface area contributed by atoms with Gasteiger partial charge in [-0.1, -0.05) is 18.2 Å². The minimum Gasteiger partial charge on any atom is -0.478 e. The summed E-state index contributed by atoms with van der Waals surface area (Å²) >= 11 is 1.42. The van der Waals surface area contributed by atoms with Gasteiger partial charge in [0, 0.05) is 11.4 Å². The summed E-state index contributed by atoms with van der Waals surface area (Å²) in [6, 6.07) is 9.37. The first-order valence-corrected chi connectivity index (χ1v) is 6.85. The fourth-order valence-electron chi connectivity index (χ4n) is 1.71. The molecule has 104 valence electrons. The van der Waals surface area contributed by atoms with E-state index in [0.29, 0.717) is 0 Å². The highest BCUT2D eigenvalue weighted by atomic mass is 32.1. The number of hydrogen-bond donors (Lipinski definition) is 3. The Kier molecular flexibility index (Phi) is 4.49. The van der Waals surface area contributed by atoms with Gasteiger partial charge < -0.3 is 16.2 Å². The molecule has 0 saturated heterocycles.